The molecule has 0 unspecified atom stereocenters. The van der Waals surface area contributed by atoms with Crippen molar-refractivity contribution in [2.75, 3.05) is 0 Å². The molecular weight excluding hydrogens is 180 g/mol. The van der Waals surface area contributed by atoms with Gasteiger partial charge in [-0.05, 0) is 30.7 Å². The van der Waals surface area contributed by atoms with Crippen molar-refractivity contribution >= 4 is 17.6 Å². The zero-order valence-electron chi connectivity index (χ0n) is 7.66. The lowest BCUT2D eigenvalue weighted by Gasteiger charge is -2.20. The Bertz CT molecular complexity index is 270. The van der Waals surface area contributed by atoms with Crippen LogP contribution >= 0.6 is 11.3 Å². The van der Waals surface area contributed by atoms with Crippen LogP contribution in [0.2, 0.25) is 0 Å². The zero-order chi connectivity index (χ0) is 9.15. The Morgan fingerprint density at radius 3 is 2.77 bits per heavy atom. The summed E-state index contributed by atoms with van der Waals surface area (Å²) in [5, 5.41) is 2.09. The van der Waals surface area contributed by atoms with Gasteiger partial charge in [-0.15, -0.1) is 11.3 Å². The van der Waals surface area contributed by atoms with Crippen molar-refractivity contribution in [1.82, 2.24) is 0 Å². The first-order valence-corrected chi connectivity index (χ1v) is 5.71. The van der Waals surface area contributed by atoms with Crippen molar-refractivity contribution < 1.29 is 4.79 Å². The van der Waals surface area contributed by atoms with E-state index in [1.54, 1.807) is 11.3 Å². The Labute approximate surface area is 82.8 Å². The first-order valence-electron chi connectivity index (χ1n) is 4.83. The summed E-state index contributed by atoms with van der Waals surface area (Å²) in [5.74, 6) is 0. The van der Waals surface area contributed by atoms with Gasteiger partial charge in [-0.3, -0.25) is 0 Å². The Hall–Kier alpha value is -0.630. The van der Waals surface area contributed by atoms with E-state index in [9.17, 15) is 4.79 Å². The van der Waals surface area contributed by atoms with Crippen molar-refractivity contribution in [3.8, 4) is 0 Å². The third-order valence-corrected chi connectivity index (χ3v) is 3.83. The molecule has 2 rings (SSSR count). The quantitative estimate of drug-likeness (QED) is 0.676. The van der Waals surface area contributed by atoms with E-state index in [0.29, 0.717) is 0 Å². The highest BCUT2D eigenvalue weighted by Crippen LogP contribution is 2.39. The van der Waals surface area contributed by atoms with Crippen molar-refractivity contribution in [3.63, 3.8) is 0 Å². The number of carbonyl (C=O) groups excluding carboxylic acids is 1. The lowest BCUT2D eigenvalue weighted by atomic mass is 9.84. The summed E-state index contributed by atoms with van der Waals surface area (Å²) in [5.41, 5.74) is -0.00907. The zero-order valence-corrected chi connectivity index (χ0v) is 8.48. The van der Waals surface area contributed by atoms with Crippen LogP contribution in [0.25, 0.3) is 0 Å². The lowest BCUT2D eigenvalue weighted by Crippen LogP contribution is -2.20. The summed E-state index contributed by atoms with van der Waals surface area (Å²) >= 11 is 1.76. The number of thiophene rings is 1. The molecule has 1 nitrogen and oxygen atoms in total. The predicted molar refractivity (Wildman–Crippen MR) is 55.0 cm³/mol. The Kier molecular flexibility index (Phi) is 2.49. The summed E-state index contributed by atoms with van der Waals surface area (Å²) < 4.78 is 0. The maximum absolute atomic E-state index is 11.1. The van der Waals surface area contributed by atoms with E-state index in [2.05, 4.69) is 17.5 Å². The molecule has 1 saturated carbocycles. The van der Waals surface area contributed by atoms with Gasteiger partial charge in [0.05, 0.1) is 0 Å². The average molecular weight is 194 g/mol. The fourth-order valence-electron chi connectivity index (χ4n) is 2.18. The summed E-state index contributed by atoms with van der Waals surface area (Å²) in [4.78, 5) is 12.4. The second kappa shape index (κ2) is 3.62. The topological polar surface area (TPSA) is 17.1 Å². The van der Waals surface area contributed by atoms with Crippen LogP contribution in [0.3, 0.4) is 0 Å². The number of aldehydes is 1. The average Bonchev–Trinajstić information content (AvgIpc) is 2.77. The Balaban J connectivity index is 2.10. The van der Waals surface area contributed by atoms with E-state index in [1.807, 2.05) is 0 Å². The van der Waals surface area contributed by atoms with Gasteiger partial charge in [0.25, 0.3) is 0 Å². The van der Waals surface area contributed by atoms with Gasteiger partial charge in [0.1, 0.15) is 6.29 Å². The van der Waals surface area contributed by atoms with E-state index in [-0.39, 0.29) is 5.41 Å². The van der Waals surface area contributed by atoms with Crippen LogP contribution in [-0.2, 0) is 11.2 Å². The van der Waals surface area contributed by atoms with Crippen molar-refractivity contribution in [2.24, 2.45) is 5.41 Å². The van der Waals surface area contributed by atoms with E-state index >= 15 is 0 Å². The van der Waals surface area contributed by atoms with Crippen molar-refractivity contribution in [1.29, 1.82) is 0 Å². The molecule has 0 amide bonds. The molecule has 1 aliphatic rings. The van der Waals surface area contributed by atoms with E-state index in [1.165, 1.54) is 24.0 Å². The lowest BCUT2D eigenvalue weighted by molar-refractivity contribution is -0.115. The monoisotopic (exact) mass is 194 g/mol. The van der Waals surface area contributed by atoms with Gasteiger partial charge in [-0.1, -0.05) is 18.9 Å². The van der Waals surface area contributed by atoms with Crippen LogP contribution < -0.4 is 0 Å². The second-order valence-corrected chi connectivity index (χ2v) is 4.98. The highest BCUT2D eigenvalue weighted by molar-refractivity contribution is 7.09. The van der Waals surface area contributed by atoms with Crippen LogP contribution in [0, 0.1) is 5.41 Å². The van der Waals surface area contributed by atoms with Crippen LogP contribution in [0.15, 0.2) is 17.5 Å². The fourth-order valence-corrected chi connectivity index (χ4v) is 3.04. The standard InChI is InChI=1S/C11H14OS/c12-9-11(5-1-2-6-11)8-10-4-3-7-13-10/h3-4,7,9H,1-2,5-6,8H2. The SMILES string of the molecule is O=CC1(Cc2cccs2)CCCC1. The molecule has 2 heteroatoms. The molecule has 1 heterocycles. The number of rotatable bonds is 3. The second-order valence-electron chi connectivity index (χ2n) is 3.94. The van der Waals surface area contributed by atoms with Crippen LogP contribution in [-0.4, -0.2) is 6.29 Å². The molecule has 1 aromatic rings. The van der Waals surface area contributed by atoms with Crippen LogP contribution in [0.1, 0.15) is 30.6 Å². The van der Waals surface area contributed by atoms with E-state index < -0.39 is 0 Å². The van der Waals surface area contributed by atoms with Gasteiger partial charge in [-0.25, -0.2) is 0 Å². The van der Waals surface area contributed by atoms with Gasteiger partial charge >= 0.3 is 0 Å². The molecule has 0 aromatic carbocycles. The van der Waals surface area contributed by atoms with Gasteiger partial charge < -0.3 is 4.79 Å². The van der Waals surface area contributed by atoms with E-state index in [4.69, 9.17) is 0 Å². The largest absolute Gasteiger partial charge is 0.303 e. The predicted octanol–water partition coefficient (Wildman–Crippen LogP) is 3.05. The minimum atomic E-state index is -0.00907. The minimum Gasteiger partial charge on any atom is -0.303 e. The molecule has 1 aliphatic carbocycles. The molecular formula is C11H14OS. The summed E-state index contributed by atoms with van der Waals surface area (Å²) in [6, 6.07) is 4.20. The molecule has 0 N–H and O–H groups in total. The van der Waals surface area contributed by atoms with Gasteiger partial charge in [0.2, 0.25) is 0 Å². The van der Waals surface area contributed by atoms with Crippen molar-refractivity contribution in [2.45, 2.75) is 32.1 Å². The molecule has 13 heavy (non-hydrogen) atoms. The maximum Gasteiger partial charge on any atom is 0.126 e. The fraction of sp³-hybridized carbons (Fsp3) is 0.545. The molecule has 0 aliphatic heterocycles. The maximum atomic E-state index is 11.1. The molecule has 1 aromatic heterocycles. The molecule has 0 bridgehead atoms. The highest BCUT2D eigenvalue weighted by Gasteiger charge is 2.33. The summed E-state index contributed by atoms with van der Waals surface area (Å²) in [6.07, 6.45) is 6.80. The van der Waals surface area contributed by atoms with Gasteiger partial charge in [0.15, 0.2) is 0 Å². The normalized spacial score (nSPS) is 20.3. The highest BCUT2D eigenvalue weighted by atomic mass is 32.1. The third kappa shape index (κ3) is 1.83. The minimum absolute atomic E-state index is 0.00907. The number of hydrogen-bond acceptors (Lipinski definition) is 2. The Morgan fingerprint density at radius 1 is 1.46 bits per heavy atom. The molecule has 70 valence electrons. The van der Waals surface area contributed by atoms with Crippen molar-refractivity contribution in [3.05, 3.63) is 22.4 Å². The molecule has 0 saturated heterocycles. The third-order valence-electron chi connectivity index (χ3n) is 2.96. The Morgan fingerprint density at radius 2 is 2.23 bits per heavy atom. The first kappa shape index (κ1) is 8.95. The van der Waals surface area contributed by atoms with Gasteiger partial charge in [0, 0.05) is 10.3 Å². The summed E-state index contributed by atoms with van der Waals surface area (Å²) in [6.45, 7) is 0. The number of hydrogen-bond donors (Lipinski definition) is 0. The van der Waals surface area contributed by atoms with Gasteiger partial charge in [-0.2, -0.15) is 0 Å². The van der Waals surface area contributed by atoms with Crippen LogP contribution in [0.5, 0.6) is 0 Å². The van der Waals surface area contributed by atoms with Crippen LogP contribution in [0.4, 0.5) is 0 Å². The molecule has 1 fully saturated rings. The number of carbonyl (C=O) groups is 1. The smallest absolute Gasteiger partial charge is 0.126 e. The molecule has 0 spiro atoms. The first-order chi connectivity index (χ1) is 6.35. The molecule has 0 atom stereocenters. The molecule has 0 radical (unpaired) electrons. The summed E-state index contributed by atoms with van der Waals surface area (Å²) in [7, 11) is 0. The van der Waals surface area contributed by atoms with E-state index in [0.717, 1.165) is 19.3 Å².